The van der Waals surface area contributed by atoms with Crippen molar-refractivity contribution in [1.82, 2.24) is 15.0 Å². The minimum absolute atomic E-state index is 0.232. The fraction of sp³-hybridized carbons (Fsp3) is 0.393. The molecular weight excluding hydrogens is 502 g/mol. The number of anilines is 2. The molecule has 11 heteroatoms. The Kier molecular flexibility index (Phi) is 9.03. The van der Waals surface area contributed by atoms with Crippen molar-refractivity contribution in [3.8, 4) is 29.2 Å². The summed E-state index contributed by atoms with van der Waals surface area (Å²) in [5.74, 6) is 8.26. The zero-order chi connectivity index (χ0) is 27.9. The lowest BCUT2D eigenvalue weighted by Gasteiger charge is -2.20. The van der Waals surface area contributed by atoms with Gasteiger partial charge < -0.3 is 40.2 Å². The van der Waals surface area contributed by atoms with Gasteiger partial charge in [0.1, 0.15) is 23.4 Å². The van der Waals surface area contributed by atoms with Crippen LogP contribution in [-0.4, -0.2) is 76.5 Å². The number of ether oxygens (including phenoxy) is 3. The van der Waals surface area contributed by atoms with E-state index in [4.69, 9.17) is 14.2 Å². The van der Waals surface area contributed by atoms with Gasteiger partial charge in [0.05, 0.1) is 56.8 Å². The Balaban J connectivity index is 1.67. The van der Waals surface area contributed by atoms with Crippen LogP contribution in [0.4, 0.5) is 11.8 Å². The summed E-state index contributed by atoms with van der Waals surface area (Å²) in [7, 11) is 4.73. The Morgan fingerprint density at radius 2 is 1.72 bits per heavy atom. The number of rotatable bonds is 9. The van der Waals surface area contributed by atoms with Crippen LogP contribution in [0.5, 0.6) is 17.4 Å². The third kappa shape index (κ3) is 6.31. The monoisotopic (exact) mass is 535 g/mol. The molecule has 4 unspecified atom stereocenters. The second-order valence-corrected chi connectivity index (χ2v) is 9.10. The topological polar surface area (TPSA) is 151 Å². The molecule has 1 aliphatic rings. The van der Waals surface area contributed by atoms with E-state index in [1.165, 1.54) is 0 Å². The van der Waals surface area contributed by atoms with E-state index in [0.29, 0.717) is 58.9 Å². The smallest absolute Gasteiger partial charge is 0.225 e. The van der Waals surface area contributed by atoms with Gasteiger partial charge in [-0.25, -0.2) is 9.97 Å². The maximum atomic E-state index is 10.6. The highest BCUT2D eigenvalue weighted by Gasteiger charge is 2.41. The van der Waals surface area contributed by atoms with Crippen molar-refractivity contribution < 1.29 is 29.5 Å². The zero-order valence-corrected chi connectivity index (χ0v) is 22.3. The average molecular weight is 536 g/mol. The molecule has 1 fully saturated rings. The van der Waals surface area contributed by atoms with Gasteiger partial charge in [-0.15, -0.1) is 0 Å². The minimum atomic E-state index is -1.08. The third-order valence-corrected chi connectivity index (χ3v) is 6.68. The van der Waals surface area contributed by atoms with Crippen molar-refractivity contribution in [3.05, 3.63) is 58.9 Å². The van der Waals surface area contributed by atoms with Crippen LogP contribution < -0.4 is 24.8 Å². The number of aliphatic hydroxyl groups excluding tert-OH is 3. The summed E-state index contributed by atoms with van der Waals surface area (Å²) < 4.78 is 16.1. The summed E-state index contributed by atoms with van der Waals surface area (Å²) in [4.78, 5) is 13.5. The van der Waals surface area contributed by atoms with Crippen molar-refractivity contribution in [1.29, 1.82) is 0 Å². The fourth-order valence-electron chi connectivity index (χ4n) is 4.51. The zero-order valence-electron chi connectivity index (χ0n) is 22.3. The van der Waals surface area contributed by atoms with Gasteiger partial charge in [-0.1, -0.05) is 17.9 Å². The molecule has 4 rings (SSSR count). The first-order valence-corrected chi connectivity index (χ1v) is 12.5. The molecule has 1 aromatic carbocycles. The highest BCUT2D eigenvalue weighted by Crippen LogP contribution is 2.31. The molecule has 0 bridgehead atoms. The molecule has 11 nitrogen and oxygen atoms in total. The van der Waals surface area contributed by atoms with Crippen LogP contribution >= 0.6 is 0 Å². The van der Waals surface area contributed by atoms with E-state index in [2.05, 4.69) is 37.4 Å². The Labute approximate surface area is 227 Å². The molecular formula is C28H33N5O6. The summed E-state index contributed by atoms with van der Waals surface area (Å²) in [6, 6.07) is 8.50. The lowest BCUT2D eigenvalue weighted by Crippen LogP contribution is -2.36. The minimum Gasteiger partial charge on any atom is -0.496 e. The van der Waals surface area contributed by atoms with Crippen LogP contribution in [-0.2, 0) is 6.54 Å². The maximum Gasteiger partial charge on any atom is 0.225 e. The third-order valence-electron chi connectivity index (χ3n) is 6.68. The molecule has 4 atom stereocenters. The van der Waals surface area contributed by atoms with Crippen LogP contribution in [0.2, 0.25) is 0 Å². The summed E-state index contributed by atoms with van der Waals surface area (Å²) in [6.45, 7) is 1.91. The second-order valence-electron chi connectivity index (χ2n) is 9.10. The van der Waals surface area contributed by atoms with Crippen molar-refractivity contribution in [2.45, 2.75) is 38.1 Å². The molecule has 1 saturated carbocycles. The fourth-order valence-corrected chi connectivity index (χ4v) is 4.51. The summed E-state index contributed by atoms with van der Waals surface area (Å²) in [5.41, 5.74) is 2.60. The molecule has 0 spiro atoms. The van der Waals surface area contributed by atoms with Crippen molar-refractivity contribution >= 4 is 11.8 Å². The van der Waals surface area contributed by atoms with Gasteiger partial charge >= 0.3 is 0 Å². The molecule has 0 radical (unpaired) electrons. The van der Waals surface area contributed by atoms with Gasteiger partial charge in [0.15, 0.2) is 0 Å². The number of hydrogen-bond acceptors (Lipinski definition) is 11. The number of aryl methyl sites for hydroxylation is 1. The Bertz CT molecular complexity index is 1320. The standard InChI is InChI=1S/C28H33N5O6/c1-16-19(10-8-17-9-11-24(39-4)29-13-17)27(32-21-12-18(15-34)25(35)26(21)36)33-28(31-16)30-14-20-22(37-2)6-5-7-23(20)38-3/h5-7,9,11,13,18,21,25-26,34-36H,12,14-15H2,1-4H3,(H2,30,31,32,33). The first kappa shape index (κ1) is 27.9. The first-order chi connectivity index (χ1) is 18.9. The van der Waals surface area contributed by atoms with Crippen molar-refractivity contribution in [2.24, 2.45) is 5.92 Å². The highest BCUT2D eigenvalue weighted by molar-refractivity contribution is 5.61. The van der Waals surface area contributed by atoms with Crippen LogP contribution in [0.1, 0.15) is 28.8 Å². The number of pyridine rings is 1. The van der Waals surface area contributed by atoms with Gasteiger partial charge in [-0.2, -0.15) is 4.98 Å². The van der Waals surface area contributed by atoms with E-state index in [0.717, 1.165) is 5.56 Å². The highest BCUT2D eigenvalue weighted by atomic mass is 16.5. The Hall–Kier alpha value is -4.11. The number of hydrogen-bond donors (Lipinski definition) is 5. The maximum absolute atomic E-state index is 10.6. The number of aliphatic hydroxyl groups is 3. The van der Waals surface area contributed by atoms with E-state index in [1.54, 1.807) is 39.7 Å². The number of nitrogens with one attached hydrogen (secondary N) is 2. The molecule has 2 aromatic heterocycles. The molecule has 0 amide bonds. The van der Waals surface area contributed by atoms with Gasteiger partial charge in [0.25, 0.3) is 0 Å². The van der Waals surface area contributed by atoms with Gasteiger partial charge in [0.2, 0.25) is 11.8 Å². The molecule has 206 valence electrons. The van der Waals surface area contributed by atoms with Gasteiger partial charge in [-0.3, -0.25) is 0 Å². The predicted octanol–water partition coefficient (Wildman–Crippen LogP) is 1.73. The largest absolute Gasteiger partial charge is 0.496 e. The molecule has 3 aromatic rings. The summed E-state index contributed by atoms with van der Waals surface area (Å²) in [6.07, 6.45) is -0.170. The summed E-state index contributed by atoms with van der Waals surface area (Å²) >= 11 is 0. The SMILES string of the molecule is COc1ccc(C#Cc2c(C)nc(NCc3c(OC)cccc3OC)nc2NC2CC(CO)C(O)C2O)cn1. The Morgan fingerprint density at radius 1 is 0.974 bits per heavy atom. The number of aromatic nitrogens is 3. The van der Waals surface area contributed by atoms with Crippen LogP contribution in [0.3, 0.4) is 0 Å². The molecule has 39 heavy (non-hydrogen) atoms. The molecule has 1 aliphatic carbocycles. The summed E-state index contributed by atoms with van der Waals surface area (Å²) in [5, 5.41) is 37.0. The molecule has 2 heterocycles. The van der Waals surface area contributed by atoms with E-state index < -0.39 is 24.2 Å². The average Bonchev–Trinajstić information content (AvgIpc) is 3.23. The van der Waals surface area contributed by atoms with E-state index in [9.17, 15) is 15.3 Å². The lowest BCUT2D eigenvalue weighted by atomic mass is 10.1. The van der Waals surface area contributed by atoms with Crippen LogP contribution in [0.15, 0.2) is 36.5 Å². The first-order valence-electron chi connectivity index (χ1n) is 12.5. The number of benzene rings is 1. The second kappa shape index (κ2) is 12.6. The quantitative estimate of drug-likeness (QED) is 0.255. The van der Waals surface area contributed by atoms with Crippen molar-refractivity contribution in [3.63, 3.8) is 0 Å². The number of methoxy groups -OCH3 is 3. The van der Waals surface area contributed by atoms with Crippen molar-refractivity contribution in [2.75, 3.05) is 38.6 Å². The van der Waals surface area contributed by atoms with E-state index >= 15 is 0 Å². The van der Waals surface area contributed by atoms with Gasteiger partial charge in [0, 0.05) is 30.4 Å². The molecule has 5 N–H and O–H groups in total. The van der Waals surface area contributed by atoms with Gasteiger partial charge in [-0.05, 0) is 31.5 Å². The van der Waals surface area contributed by atoms with E-state index in [1.807, 2.05) is 25.1 Å². The molecule has 0 saturated heterocycles. The lowest BCUT2D eigenvalue weighted by molar-refractivity contribution is 0.00445. The Morgan fingerprint density at radius 3 is 2.31 bits per heavy atom. The predicted molar refractivity (Wildman–Crippen MR) is 145 cm³/mol. The number of nitrogens with zero attached hydrogens (tertiary/aromatic N) is 3. The van der Waals surface area contributed by atoms with Crippen LogP contribution in [0.25, 0.3) is 0 Å². The molecule has 0 aliphatic heterocycles. The normalized spacial score (nSPS) is 20.1. The van der Waals surface area contributed by atoms with E-state index in [-0.39, 0.29) is 6.61 Å². The van der Waals surface area contributed by atoms with Crippen LogP contribution in [0, 0.1) is 24.7 Å².